The van der Waals surface area contributed by atoms with Crippen LogP contribution < -0.4 is 18.9 Å². The Hall–Kier alpha value is -2.44. The standard InChI is InChI=1S/C30H42N2O4/c1-7-19-18-32-11-9-21-15-28(34-4)30(36-6)17-24(21)26(32)13-22(19)12-25-23-16-29(35-5)27(33-3)14-20(23)8-10-31(25)2/h14-17,19,22,25-26H,7-13,18H2,1-6H3/t19-,22-,25+,26-/m0/s1. The van der Waals surface area contributed by atoms with E-state index in [-0.39, 0.29) is 0 Å². The van der Waals surface area contributed by atoms with Gasteiger partial charge in [0, 0.05) is 31.7 Å². The van der Waals surface area contributed by atoms with Crippen molar-refractivity contribution in [3.8, 4) is 23.0 Å². The minimum absolute atomic E-state index is 0.396. The Kier molecular flexibility index (Phi) is 7.36. The van der Waals surface area contributed by atoms with Crippen molar-refractivity contribution in [3.05, 3.63) is 46.5 Å². The molecular weight excluding hydrogens is 452 g/mol. The van der Waals surface area contributed by atoms with Gasteiger partial charge >= 0.3 is 0 Å². The minimum atomic E-state index is 0.396. The van der Waals surface area contributed by atoms with E-state index in [0.717, 1.165) is 48.9 Å². The molecule has 4 atom stereocenters. The van der Waals surface area contributed by atoms with Crippen LogP contribution in [-0.2, 0) is 12.8 Å². The van der Waals surface area contributed by atoms with Gasteiger partial charge in [0.05, 0.1) is 28.4 Å². The first-order valence-electron chi connectivity index (χ1n) is 13.4. The highest BCUT2D eigenvalue weighted by atomic mass is 16.5. The summed E-state index contributed by atoms with van der Waals surface area (Å²) in [6.07, 6.45) is 5.71. The summed E-state index contributed by atoms with van der Waals surface area (Å²) in [5.41, 5.74) is 5.66. The molecule has 1 fully saturated rings. The van der Waals surface area contributed by atoms with E-state index in [9.17, 15) is 0 Å². The number of piperidine rings is 1. The average molecular weight is 495 g/mol. The third-order valence-corrected chi connectivity index (χ3v) is 9.10. The normalized spacial score (nSPS) is 25.9. The van der Waals surface area contributed by atoms with E-state index in [1.165, 1.54) is 48.1 Å². The maximum atomic E-state index is 5.70. The number of benzene rings is 2. The zero-order valence-electron chi connectivity index (χ0n) is 22.8. The number of methoxy groups -OCH3 is 4. The minimum Gasteiger partial charge on any atom is -0.493 e. The number of rotatable bonds is 7. The molecule has 0 aromatic heterocycles. The van der Waals surface area contributed by atoms with Crippen LogP contribution in [0.25, 0.3) is 0 Å². The lowest BCUT2D eigenvalue weighted by atomic mass is 9.72. The third kappa shape index (κ3) is 4.43. The van der Waals surface area contributed by atoms with E-state index in [4.69, 9.17) is 18.9 Å². The summed E-state index contributed by atoms with van der Waals surface area (Å²) in [4.78, 5) is 5.28. The van der Waals surface area contributed by atoms with E-state index >= 15 is 0 Å². The molecule has 2 aromatic carbocycles. The van der Waals surface area contributed by atoms with Crippen LogP contribution in [0.4, 0.5) is 0 Å². The molecule has 196 valence electrons. The summed E-state index contributed by atoms with van der Waals surface area (Å²) in [6.45, 7) is 5.75. The summed E-state index contributed by atoms with van der Waals surface area (Å²) in [5.74, 6) is 4.72. The molecule has 5 rings (SSSR count). The molecule has 0 spiro atoms. The fourth-order valence-corrected chi connectivity index (χ4v) is 7.00. The summed E-state index contributed by atoms with van der Waals surface area (Å²) in [7, 11) is 9.21. The maximum Gasteiger partial charge on any atom is 0.161 e. The van der Waals surface area contributed by atoms with Gasteiger partial charge in [0.15, 0.2) is 23.0 Å². The van der Waals surface area contributed by atoms with E-state index in [1.54, 1.807) is 28.4 Å². The van der Waals surface area contributed by atoms with Gasteiger partial charge in [-0.15, -0.1) is 0 Å². The second kappa shape index (κ2) is 10.5. The molecule has 3 heterocycles. The van der Waals surface area contributed by atoms with Gasteiger partial charge in [-0.3, -0.25) is 9.80 Å². The Bertz CT molecular complexity index is 1090. The van der Waals surface area contributed by atoms with Crippen molar-refractivity contribution >= 4 is 0 Å². The molecule has 3 aliphatic rings. The number of fused-ring (bicyclic) bond motifs is 4. The topological polar surface area (TPSA) is 43.4 Å². The smallest absolute Gasteiger partial charge is 0.161 e. The molecule has 0 bridgehead atoms. The Morgan fingerprint density at radius 3 is 1.92 bits per heavy atom. The molecule has 0 aliphatic carbocycles. The number of hydrogen-bond donors (Lipinski definition) is 0. The molecule has 0 radical (unpaired) electrons. The van der Waals surface area contributed by atoms with Crippen LogP contribution in [0.3, 0.4) is 0 Å². The Labute approximate surface area is 216 Å². The number of nitrogens with zero attached hydrogens (tertiary/aromatic N) is 2. The monoisotopic (exact) mass is 494 g/mol. The highest BCUT2D eigenvalue weighted by Crippen LogP contribution is 2.49. The first-order chi connectivity index (χ1) is 17.5. The number of likely N-dealkylation sites (N-methyl/N-ethyl adjacent to an activating group) is 1. The van der Waals surface area contributed by atoms with Crippen molar-refractivity contribution < 1.29 is 18.9 Å². The van der Waals surface area contributed by atoms with Crippen molar-refractivity contribution in [2.24, 2.45) is 11.8 Å². The highest BCUT2D eigenvalue weighted by molar-refractivity contribution is 5.50. The lowest BCUT2D eigenvalue weighted by molar-refractivity contribution is 0.0340. The maximum absolute atomic E-state index is 5.70. The summed E-state index contributed by atoms with van der Waals surface area (Å²) in [5, 5.41) is 0. The van der Waals surface area contributed by atoms with Crippen molar-refractivity contribution in [2.75, 3.05) is 55.1 Å². The predicted molar refractivity (Wildman–Crippen MR) is 143 cm³/mol. The molecule has 0 unspecified atom stereocenters. The molecule has 36 heavy (non-hydrogen) atoms. The van der Waals surface area contributed by atoms with Gasteiger partial charge in [-0.05, 0) is 91.1 Å². The van der Waals surface area contributed by atoms with E-state index < -0.39 is 0 Å². The molecule has 1 saturated heterocycles. The van der Waals surface area contributed by atoms with E-state index in [1.807, 2.05) is 0 Å². The van der Waals surface area contributed by atoms with Crippen LogP contribution in [-0.4, -0.2) is 64.9 Å². The van der Waals surface area contributed by atoms with E-state index in [2.05, 4.69) is 48.0 Å². The second-order valence-corrected chi connectivity index (χ2v) is 10.7. The molecular formula is C30H42N2O4. The van der Waals surface area contributed by atoms with Gasteiger partial charge in [-0.2, -0.15) is 0 Å². The fraction of sp³-hybridized carbons (Fsp3) is 0.600. The third-order valence-electron chi connectivity index (χ3n) is 9.10. The van der Waals surface area contributed by atoms with Crippen molar-refractivity contribution in [1.29, 1.82) is 0 Å². The van der Waals surface area contributed by atoms with Gasteiger partial charge in [0.2, 0.25) is 0 Å². The SMILES string of the molecule is CC[C@H]1CN2CCc3cc(OC)c(OC)cc3[C@@H]2C[C@@H]1C[C@@H]1c2cc(OC)c(OC)cc2CCN1C. The van der Waals surface area contributed by atoms with Gasteiger partial charge in [-0.1, -0.05) is 13.3 Å². The van der Waals surface area contributed by atoms with Crippen molar-refractivity contribution in [1.82, 2.24) is 9.80 Å². The summed E-state index contributed by atoms with van der Waals surface area (Å²) in [6, 6.07) is 9.72. The molecule has 0 amide bonds. The lowest BCUT2D eigenvalue weighted by Gasteiger charge is -2.49. The van der Waals surface area contributed by atoms with Crippen LogP contribution in [0, 0.1) is 11.8 Å². The summed E-state index contributed by atoms with van der Waals surface area (Å²) >= 11 is 0. The van der Waals surface area contributed by atoms with Crippen LogP contribution >= 0.6 is 0 Å². The van der Waals surface area contributed by atoms with Crippen molar-refractivity contribution in [2.45, 2.75) is 51.1 Å². The molecule has 3 aliphatic heterocycles. The van der Waals surface area contributed by atoms with Crippen LogP contribution in [0.2, 0.25) is 0 Å². The predicted octanol–water partition coefficient (Wildman–Crippen LogP) is 5.29. The van der Waals surface area contributed by atoms with Crippen LogP contribution in [0.15, 0.2) is 24.3 Å². The first-order valence-corrected chi connectivity index (χ1v) is 13.4. The first kappa shape index (κ1) is 25.2. The highest BCUT2D eigenvalue weighted by Gasteiger charge is 2.41. The van der Waals surface area contributed by atoms with E-state index in [0.29, 0.717) is 23.9 Å². The Balaban J connectivity index is 1.46. The molecule has 0 N–H and O–H groups in total. The second-order valence-electron chi connectivity index (χ2n) is 10.7. The number of ether oxygens (including phenoxy) is 4. The quantitative estimate of drug-likeness (QED) is 0.521. The molecule has 2 aromatic rings. The zero-order valence-corrected chi connectivity index (χ0v) is 22.8. The van der Waals surface area contributed by atoms with Gasteiger partial charge in [0.1, 0.15) is 0 Å². The lowest BCUT2D eigenvalue weighted by Crippen LogP contribution is -2.47. The van der Waals surface area contributed by atoms with Gasteiger partial charge in [0.25, 0.3) is 0 Å². The largest absolute Gasteiger partial charge is 0.493 e. The zero-order chi connectivity index (χ0) is 25.4. The Morgan fingerprint density at radius 2 is 1.31 bits per heavy atom. The van der Waals surface area contributed by atoms with Crippen LogP contribution in [0.1, 0.15) is 60.5 Å². The fourth-order valence-electron chi connectivity index (χ4n) is 7.00. The van der Waals surface area contributed by atoms with Gasteiger partial charge < -0.3 is 18.9 Å². The van der Waals surface area contributed by atoms with Crippen molar-refractivity contribution in [3.63, 3.8) is 0 Å². The number of hydrogen-bond acceptors (Lipinski definition) is 6. The Morgan fingerprint density at radius 1 is 0.750 bits per heavy atom. The molecule has 6 nitrogen and oxygen atoms in total. The summed E-state index contributed by atoms with van der Waals surface area (Å²) < 4.78 is 22.6. The molecule has 0 saturated carbocycles. The molecule has 6 heteroatoms. The van der Waals surface area contributed by atoms with Crippen LogP contribution in [0.5, 0.6) is 23.0 Å². The average Bonchev–Trinajstić information content (AvgIpc) is 2.92. The van der Waals surface area contributed by atoms with Gasteiger partial charge in [-0.25, -0.2) is 0 Å².